The number of allylic oxidation sites excluding steroid dienone is 3. The molecule has 0 spiro atoms. The molecule has 7 nitrogen and oxygen atoms in total. The van der Waals surface area contributed by atoms with Gasteiger partial charge >= 0.3 is 6.09 Å². The lowest BCUT2D eigenvalue weighted by Crippen LogP contribution is -2.51. The molecule has 1 N–H and O–H groups in total. The molecule has 0 bridgehead atoms. The van der Waals surface area contributed by atoms with Gasteiger partial charge in [-0.2, -0.15) is 0 Å². The Labute approximate surface area is 207 Å². The van der Waals surface area contributed by atoms with Crippen molar-refractivity contribution in [1.29, 1.82) is 0 Å². The summed E-state index contributed by atoms with van der Waals surface area (Å²) in [7, 11) is 1.82. The molecule has 1 saturated carbocycles. The molecule has 3 aliphatic rings. The van der Waals surface area contributed by atoms with Gasteiger partial charge < -0.3 is 19.8 Å². The molecule has 8 heteroatoms. The van der Waals surface area contributed by atoms with E-state index in [2.05, 4.69) is 32.9 Å². The van der Waals surface area contributed by atoms with Crippen molar-refractivity contribution in [3.05, 3.63) is 59.1 Å². The molecule has 1 aromatic heterocycles. The lowest BCUT2D eigenvalue weighted by atomic mass is 9.93. The zero-order valence-corrected chi connectivity index (χ0v) is 21.2. The molecule has 1 unspecified atom stereocenters. The third kappa shape index (κ3) is 5.74. The zero-order valence-electron chi connectivity index (χ0n) is 21.2. The molecule has 2 fully saturated rings. The van der Waals surface area contributed by atoms with Crippen LogP contribution in [-0.4, -0.2) is 69.9 Å². The number of piperazine rings is 1. The molecule has 1 atom stereocenters. The van der Waals surface area contributed by atoms with Gasteiger partial charge in [-0.25, -0.2) is 14.2 Å². The van der Waals surface area contributed by atoms with Crippen LogP contribution in [0.3, 0.4) is 0 Å². The molecular weight excluding hydrogens is 445 g/mol. The van der Waals surface area contributed by atoms with Gasteiger partial charge in [0.2, 0.25) is 0 Å². The minimum absolute atomic E-state index is 0.264. The van der Waals surface area contributed by atoms with Crippen LogP contribution in [0.1, 0.15) is 51.3 Å². The van der Waals surface area contributed by atoms with Crippen molar-refractivity contribution >= 4 is 17.5 Å². The third-order valence-corrected chi connectivity index (χ3v) is 7.23. The van der Waals surface area contributed by atoms with Gasteiger partial charge in [-0.05, 0) is 50.5 Å². The predicted octanol–water partition coefficient (Wildman–Crippen LogP) is 5.15. The van der Waals surface area contributed by atoms with Gasteiger partial charge in [0.1, 0.15) is 5.82 Å². The van der Waals surface area contributed by atoms with Gasteiger partial charge in [0.15, 0.2) is 11.7 Å². The average Bonchev–Trinajstić information content (AvgIpc) is 3.69. The van der Waals surface area contributed by atoms with Crippen LogP contribution in [0.4, 0.5) is 9.18 Å². The number of aromatic nitrogens is 1. The topological polar surface area (TPSA) is 72.3 Å². The first-order valence-electron chi connectivity index (χ1n) is 12.6. The second kappa shape index (κ2) is 10.6. The number of amidine groups is 1. The summed E-state index contributed by atoms with van der Waals surface area (Å²) in [5, 5.41) is 9.26. The highest BCUT2D eigenvalue weighted by molar-refractivity contribution is 5.99. The fraction of sp³-hybridized carbons (Fsp3) is 0.519. The molecule has 0 aromatic carbocycles. The van der Waals surface area contributed by atoms with E-state index in [0.717, 1.165) is 35.6 Å². The standard InChI is InChI=1S/C27H36FN5O2/c1-5-18(2)15-22(21-7-6-10-29-24(21)16-19(3)20-8-9-20)25-30-26(23(28)17-31(25)4)32-11-13-33(14-12-32)27(34)35/h6-7,10,15,17,19-20H,5,8-9,11-14,16H2,1-4H3,(H,34,35)/b18-15?,25-22+. The largest absolute Gasteiger partial charge is 0.465 e. The summed E-state index contributed by atoms with van der Waals surface area (Å²) in [6, 6.07) is 4.04. The van der Waals surface area contributed by atoms with E-state index in [0.29, 0.717) is 37.9 Å². The number of hydrogen-bond acceptors (Lipinski definition) is 5. The van der Waals surface area contributed by atoms with E-state index in [1.807, 2.05) is 24.2 Å². The Kier molecular flexibility index (Phi) is 7.57. The van der Waals surface area contributed by atoms with Crippen molar-refractivity contribution < 1.29 is 14.3 Å². The Hall–Kier alpha value is -3.16. The van der Waals surface area contributed by atoms with Crippen LogP contribution in [-0.2, 0) is 6.42 Å². The Morgan fingerprint density at radius 2 is 2.00 bits per heavy atom. The van der Waals surface area contributed by atoms with E-state index in [9.17, 15) is 9.90 Å². The van der Waals surface area contributed by atoms with Crippen LogP contribution in [0.2, 0.25) is 0 Å². The molecule has 1 saturated heterocycles. The lowest BCUT2D eigenvalue weighted by Gasteiger charge is -2.36. The number of nitrogens with zero attached hydrogens (tertiary/aromatic N) is 5. The SMILES string of the molecule is CCC(C)=C/C(=C1/N=C(N2CCN(C(=O)O)CC2)C(F)=CN1C)c1cccnc1CC(C)C1CC1. The van der Waals surface area contributed by atoms with E-state index in [4.69, 9.17) is 9.98 Å². The van der Waals surface area contributed by atoms with E-state index in [1.165, 1.54) is 29.5 Å². The Morgan fingerprint density at radius 3 is 2.63 bits per heavy atom. The number of pyridine rings is 1. The summed E-state index contributed by atoms with van der Waals surface area (Å²) in [5.74, 6) is 1.86. The van der Waals surface area contributed by atoms with Crippen LogP contribution in [0.25, 0.3) is 5.57 Å². The van der Waals surface area contributed by atoms with Crippen molar-refractivity contribution in [1.82, 2.24) is 19.7 Å². The molecule has 35 heavy (non-hydrogen) atoms. The van der Waals surface area contributed by atoms with E-state index < -0.39 is 11.9 Å². The van der Waals surface area contributed by atoms with Crippen molar-refractivity contribution in [2.24, 2.45) is 16.8 Å². The number of rotatable bonds is 6. The average molecular weight is 482 g/mol. The third-order valence-electron chi connectivity index (χ3n) is 7.23. The summed E-state index contributed by atoms with van der Waals surface area (Å²) in [4.78, 5) is 25.8. The number of carboxylic acid groups (broad SMARTS) is 1. The number of carbonyl (C=O) groups is 1. The molecule has 188 valence electrons. The first kappa shape index (κ1) is 24.9. The highest BCUT2D eigenvalue weighted by atomic mass is 19.1. The number of aliphatic imine (C=N–C) groups is 1. The van der Waals surface area contributed by atoms with Crippen molar-refractivity contribution in [2.75, 3.05) is 33.2 Å². The van der Waals surface area contributed by atoms with Crippen LogP contribution < -0.4 is 0 Å². The van der Waals surface area contributed by atoms with E-state index in [1.54, 1.807) is 4.90 Å². The van der Waals surface area contributed by atoms with Gasteiger partial charge in [-0.15, -0.1) is 0 Å². The quantitative estimate of drug-likeness (QED) is 0.609. The fourth-order valence-electron chi connectivity index (χ4n) is 4.70. The molecule has 0 radical (unpaired) electrons. The summed E-state index contributed by atoms with van der Waals surface area (Å²) in [6.45, 7) is 7.97. The Bertz CT molecular complexity index is 1080. The number of halogens is 1. The van der Waals surface area contributed by atoms with Crippen LogP contribution in [0.5, 0.6) is 0 Å². The maximum Gasteiger partial charge on any atom is 0.407 e. The smallest absolute Gasteiger partial charge is 0.407 e. The minimum Gasteiger partial charge on any atom is -0.465 e. The molecule has 1 aromatic rings. The molecule has 4 rings (SSSR count). The van der Waals surface area contributed by atoms with Gasteiger partial charge in [0.05, 0.1) is 0 Å². The zero-order chi connectivity index (χ0) is 25.1. The molecule has 2 aliphatic heterocycles. The monoisotopic (exact) mass is 481 g/mol. The first-order chi connectivity index (χ1) is 16.8. The highest BCUT2D eigenvalue weighted by Gasteiger charge is 2.31. The number of hydrogen-bond donors (Lipinski definition) is 1. The first-order valence-corrected chi connectivity index (χ1v) is 12.6. The van der Waals surface area contributed by atoms with Crippen molar-refractivity contribution in [3.63, 3.8) is 0 Å². The minimum atomic E-state index is -0.946. The normalized spacial score (nSPS) is 21.5. The highest BCUT2D eigenvalue weighted by Crippen LogP contribution is 2.39. The molecule has 3 heterocycles. The summed E-state index contributed by atoms with van der Waals surface area (Å²) in [6.07, 6.45) is 8.90. The van der Waals surface area contributed by atoms with Crippen molar-refractivity contribution in [3.8, 4) is 0 Å². The Morgan fingerprint density at radius 1 is 1.29 bits per heavy atom. The van der Waals surface area contributed by atoms with Gasteiger partial charge in [-0.3, -0.25) is 4.98 Å². The second-order valence-corrected chi connectivity index (χ2v) is 9.88. The second-order valence-electron chi connectivity index (χ2n) is 9.88. The van der Waals surface area contributed by atoms with Crippen molar-refractivity contribution in [2.45, 2.75) is 46.5 Å². The Balaban J connectivity index is 1.76. The fourth-order valence-corrected chi connectivity index (χ4v) is 4.70. The van der Waals surface area contributed by atoms with Gasteiger partial charge in [0, 0.05) is 62.5 Å². The van der Waals surface area contributed by atoms with E-state index >= 15 is 4.39 Å². The summed E-state index contributed by atoms with van der Waals surface area (Å²) in [5.41, 5.74) is 4.21. The maximum absolute atomic E-state index is 15.1. The van der Waals surface area contributed by atoms with Crippen LogP contribution in [0.15, 0.2) is 52.8 Å². The maximum atomic E-state index is 15.1. The molecular formula is C27H36FN5O2. The van der Waals surface area contributed by atoms with Gasteiger partial charge in [-0.1, -0.05) is 31.6 Å². The molecule has 1 aliphatic carbocycles. The van der Waals surface area contributed by atoms with Crippen LogP contribution >= 0.6 is 0 Å². The summed E-state index contributed by atoms with van der Waals surface area (Å²) >= 11 is 0. The summed E-state index contributed by atoms with van der Waals surface area (Å²) < 4.78 is 15.1. The lowest BCUT2D eigenvalue weighted by molar-refractivity contribution is 0.124. The van der Waals surface area contributed by atoms with Gasteiger partial charge in [0.25, 0.3) is 0 Å². The van der Waals surface area contributed by atoms with E-state index in [-0.39, 0.29) is 5.84 Å². The molecule has 1 amide bonds. The van der Waals surface area contributed by atoms with Crippen LogP contribution in [0, 0.1) is 11.8 Å². The number of amides is 1. The predicted molar refractivity (Wildman–Crippen MR) is 136 cm³/mol.